The van der Waals surface area contributed by atoms with Crippen LogP contribution in [0.1, 0.15) is 38.1 Å². The number of aldehydes is 2. The summed E-state index contributed by atoms with van der Waals surface area (Å²) in [4.78, 5) is 108. The first-order valence-corrected chi connectivity index (χ1v) is 25.4. The third-order valence-electron chi connectivity index (χ3n) is 11.4. The van der Waals surface area contributed by atoms with Crippen LogP contribution in [0.2, 0.25) is 0 Å². The minimum absolute atomic E-state index is 0.0181. The summed E-state index contributed by atoms with van der Waals surface area (Å²) >= 11 is 0. The minimum atomic E-state index is -6.12. The Morgan fingerprint density at radius 1 is 0.814 bits per heavy atom. The molecule has 8 rings (SSSR count). The van der Waals surface area contributed by atoms with Gasteiger partial charge in [0.05, 0.1) is 38.7 Å². The number of hydrogen-bond donors (Lipinski definition) is 9. The van der Waals surface area contributed by atoms with E-state index < -0.39 is 123 Å². The fourth-order valence-electron chi connectivity index (χ4n) is 8.26. The molecule has 5 unspecified atom stereocenters. The van der Waals surface area contributed by atoms with E-state index in [4.69, 9.17) is 49.1 Å². The van der Waals surface area contributed by atoms with Crippen LogP contribution in [0.25, 0.3) is 22.3 Å². The van der Waals surface area contributed by atoms with Gasteiger partial charge in [-0.15, -0.1) is 0 Å². The maximum absolute atomic E-state index is 13.3. The molecule has 0 amide bonds. The van der Waals surface area contributed by atoms with Gasteiger partial charge in [-0.2, -0.15) is 23.7 Å². The van der Waals surface area contributed by atoms with E-state index in [0.29, 0.717) is 51.3 Å². The molecule has 0 saturated carbocycles. The highest BCUT2D eigenvalue weighted by atomic mass is 31.3. The van der Waals surface area contributed by atoms with E-state index in [0.717, 1.165) is 10.9 Å². The maximum atomic E-state index is 13.3. The number of carbonyl (C=O) groups is 2. The Labute approximate surface area is 391 Å². The number of aromatic nitrogens is 8. The highest BCUT2D eigenvalue weighted by Gasteiger charge is 2.53. The number of H-pyrrole nitrogens is 2. The summed E-state index contributed by atoms with van der Waals surface area (Å²) < 4.78 is 85.2. The first kappa shape index (κ1) is 52.0. The molecule has 0 bridgehead atoms. The largest absolute Gasteiger partial charge is 0.490 e. The van der Waals surface area contributed by atoms with Gasteiger partial charge in [-0.3, -0.25) is 47.4 Å². The Hall–Kier alpha value is -4.35. The Balaban J connectivity index is 0.961. The summed E-state index contributed by atoms with van der Waals surface area (Å²) in [6.45, 7) is -2.54. The van der Waals surface area contributed by atoms with Gasteiger partial charge in [-0.05, 0) is 25.7 Å². The molecule has 4 fully saturated rings. The molecule has 4 saturated heterocycles. The van der Waals surface area contributed by atoms with Crippen LogP contribution in [-0.4, -0.2) is 170 Å². The number of rotatable bonds is 22. The van der Waals surface area contributed by atoms with Crippen molar-refractivity contribution in [3.63, 3.8) is 0 Å². The number of nitrogen functional groups attached to an aromatic ring is 2. The van der Waals surface area contributed by atoms with Crippen molar-refractivity contribution in [3.05, 3.63) is 33.4 Å². The molecule has 34 nitrogen and oxygen atoms in total. The second-order valence-corrected chi connectivity index (χ2v) is 20.7. The Kier molecular flexibility index (Phi) is 15.6. The molecule has 4 aromatic rings. The second kappa shape index (κ2) is 21.0. The number of aromatic amines is 2. The number of carbonyl (C=O) groups excluding carboxylic acids is 2. The van der Waals surface area contributed by atoms with Crippen LogP contribution < -0.4 is 27.2 Å². The number of hydrogen-bond acceptors (Lipinski definition) is 26. The number of phosphoric ester groups is 2. The standard InChI is InChI=1S/C33H47N12O22P3/c1-41-13-43(27-21(41)29(51)40-33(35)38-27)31-25(59-15-61-45-7-3-5-17(45)9-47)24(58-14-60-44-6-2-4-16(44)8-46)19(65-31)11-63-69(54,55)67-70(56,57)66-68(52,53)62-10-18-22(48)23(49)30(64-18)42-12-36-20-26(42)37-32(34)39-28(20)50/h8-9,12-13,16-19,22-25,30-31,48-49H,2-7,10-11,14-15H2,1H3,(H8-,34,35,37,38,39,40,50,51,52,53,54,55,56,57)/p+1/t16-,17-,18+,19+,22-,23?,24-,25?,30+,31+/m0/s1. The number of imidazole rings is 2. The van der Waals surface area contributed by atoms with Gasteiger partial charge in [0.1, 0.15) is 49.2 Å². The van der Waals surface area contributed by atoms with E-state index in [-0.39, 0.29) is 34.2 Å². The maximum Gasteiger partial charge on any atom is 0.490 e. The van der Waals surface area contributed by atoms with Crippen molar-refractivity contribution in [2.75, 3.05) is 51.4 Å². The molecule has 4 aliphatic heterocycles. The quantitative estimate of drug-likeness (QED) is 0.0160. The first-order chi connectivity index (χ1) is 33.2. The van der Waals surface area contributed by atoms with Gasteiger partial charge in [-0.1, -0.05) is 4.98 Å². The predicted octanol–water partition coefficient (Wildman–Crippen LogP) is -3.39. The Bertz CT molecular complexity index is 2830. The zero-order valence-electron chi connectivity index (χ0n) is 36.4. The number of nitrogens with two attached hydrogens (primary N) is 2. The summed E-state index contributed by atoms with van der Waals surface area (Å²) in [5, 5.41) is 24.1. The zero-order valence-corrected chi connectivity index (χ0v) is 39.1. The van der Waals surface area contributed by atoms with Crippen molar-refractivity contribution < 1.29 is 99.0 Å². The molecule has 4 aliphatic rings. The minimum Gasteiger partial charge on any atom is -0.387 e. The molecule has 70 heavy (non-hydrogen) atoms. The molecule has 0 aliphatic carbocycles. The number of nitrogens with zero attached hydrogens (tertiary/aromatic N) is 8. The number of phosphoric acid groups is 3. The van der Waals surface area contributed by atoms with E-state index in [9.17, 15) is 57.8 Å². The molecule has 0 aromatic carbocycles. The van der Waals surface area contributed by atoms with Gasteiger partial charge in [0.2, 0.25) is 17.7 Å². The molecule has 11 N–H and O–H groups in total. The monoisotopic (exact) mass is 1060 g/mol. The number of nitrogens with one attached hydrogen (secondary N) is 2. The third kappa shape index (κ3) is 11.3. The summed E-state index contributed by atoms with van der Waals surface area (Å²) in [6.07, 6.45) is -6.38. The van der Waals surface area contributed by atoms with Gasteiger partial charge >= 0.3 is 29.1 Å². The number of aliphatic hydroxyl groups excluding tert-OH is 2. The molecule has 386 valence electrons. The number of hydroxylamine groups is 4. The summed E-state index contributed by atoms with van der Waals surface area (Å²) in [5.74, 6) is -0.603. The number of aliphatic hydroxyl groups is 2. The lowest BCUT2D eigenvalue weighted by Gasteiger charge is -2.27. The summed E-state index contributed by atoms with van der Waals surface area (Å²) in [6, 6.07) is -1.17. The smallest absolute Gasteiger partial charge is 0.387 e. The lowest BCUT2D eigenvalue weighted by molar-refractivity contribution is -0.746. The van der Waals surface area contributed by atoms with Crippen LogP contribution in [0.15, 0.2) is 22.2 Å². The van der Waals surface area contributed by atoms with Crippen molar-refractivity contribution in [1.29, 1.82) is 0 Å². The number of aryl methyl sites for hydroxylation is 1. The highest BCUT2D eigenvalue weighted by Crippen LogP contribution is 2.68. The van der Waals surface area contributed by atoms with Gasteiger partial charge in [0.25, 0.3) is 17.1 Å². The van der Waals surface area contributed by atoms with E-state index in [2.05, 4.69) is 33.5 Å². The molecule has 0 radical (unpaired) electrons. The van der Waals surface area contributed by atoms with Crippen LogP contribution in [0, 0.1) is 0 Å². The van der Waals surface area contributed by atoms with Crippen LogP contribution in [-0.2, 0) is 76.6 Å². The number of ether oxygens (including phenoxy) is 4. The van der Waals surface area contributed by atoms with Crippen LogP contribution in [0.5, 0.6) is 0 Å². The second-order valence-electron chi connectivity index (χ2n) is 16.0. The molecule has 13 atom stereocenters. The van der Waals surface area contributed by atoms with Gasteiger partial charge in [0.15, 0.2) is 37.3 Å². The summed E-state index contributed by atoms with van der Waals surface area (Å²) in [7, 11) is -16.2. The lowest BCUT2D eigenvalue weighted by atomic mass is 10.1. The molecule has 0 spiro atoms. The van der Waals surface area contributed by atoms with Crippen LogP contribution in [0.3, 0.4) is 0 Å². The van der Waals surface area contributed by atoms with Crippen molar-refractivity contribution in [2.45, 2.75) is 86.8 Å². The van der Waals surface area contributed by atoms with Gasteiger partial charge in [-0.25, -0.2) is 23.2 Å². The predicted molar refractivity (Wildman–Crippen MR) is 225 cm³/mol. The average molecular weight is 1060 g/mol. The van der Waals surface area contributed by atoms with Crippen molar-refractivity contribution in [1.82, 2.24) is 44.2 Å². The Morgan fingerprint density at radius 2 is 1.39 bits per heavy atom. The third-order valence-corrected chi connectivity index (χ3v) is 15.6. The van der Waals surface area contributed by atoms with E-state index in [1.54, 1.807) is 0 Å². The van der Waals surface area contributed by atoms with Crippen LogP contribution >= 0.6 is 23.5 Å². The van der Waals surface area contributed by atoms with E-state index in [1.165, 1.54) is 32.6 Å². The summed E-state index contributed by atoms with van der Waals surface area (Å²) in [5.41, 5.74) is 9.72. The van der Waals surface area contributed by atoms with Crippen molar-refractivity contribution in [3.8, 4) is 0 Å². The molecule has 37 heteroatoms. The molecule has 8 heterocycles. The Morgan fingerprint density at radius 3 is 2.00 bits per heavy atom. The van der Waals surface area contributed by atoms with Crippen molar-refractivity contribution in [2.24, 2.45) is 7.05 Å². The fraction of sp³-hybridized carbons (Fsp3) is 0.636. The highest BCUT2D eigenvalue weighted by molar-refractivity contribution is 7.66. The number of fused-ring (bicyclic) bond motifs is 2. The first-order valence-electron chi connectivity index (χ1n) is 21.0. The normalized spacial score (nSPS) is 30.3. The lowest BCUT2D eigenvalue weighted by Crippen LogP contribution is -2.48. The zero-order chi connectivity index (χ0) is 50.3. The topological polar surface area (TPSA) is 455 Å². The van der Waals surface area contributed by atoms with Crippen LogP contribution in [0.4, 0.5) is 11.9 Å². The van der Waals surface area contributed by atoms with Gasteiger partial charge < -0.3 is 64.9 Å². The SMILES string of the molecule is Cn1c[n+]([C@@H]2O[C@H](COP(=O)(O)OP(=O)(O)OP(=O)(O)OC[C@H]3O[C@@H](n4cnc5c(=O)[nH]c(N)nc54)C(O)[C@H]3O)[C@H](OCON3CCC[C@H]3C=O)C2OCON2CCC[C@H]2C=O)c2nc(N)[nH]c(=O)c21. The van der Waals surface area contributed by atoms with E-state index in [1.807, 2.05) is 0 Å². The van der Waals surface area contributed by atoms with Crippen molar-refractivity contribution >= 4 is 70.3 Å². The number of anilines is 2. The average Bonchev–Trinajstić information content (AvgIpc) is 4.15. The molecular formula is C33H48N12O22P3+. The molecule has 4 aromatic heterocycles. The van der Waals surface area contributed by atoms with Gasteiger partial charge in [0, 0.05) is 13.1 Å². The van der Waals surface area contributed by atoms with E-state index >= 15 is 0 Å². The molecular weight excluding hydrogens is 1010 g/mol. The fourth-order valence-corrected chi connectivity index (χ4v) is 11.8.